The van der Waals surface area contributed by atoms with E-state index in [0.29, 0.717) is 16.8 Å². The standard InChI is InChI=1S/C21H22F3N3O2/c1-13(15-6-5-7-17(12-15)25-19(29)21(22,23)24)26-27-18(28)14-8-10-16(11-9-14)20(2,3)4/h5-12H,1-4H3,(H,25,29)(H,27,28)/b26-13-. The minimum Gasteiger partial charge on any atom is -0.318 e. The molecule has 2 aromatic carbocycles. The number of hydrogen-bond donors (Lipinski definition) is 2. The zero-order chi connectivity index (χ0) is 21.8. The molecule has 2 N–H and O–H groups in total. The van der Waals surface area contributed by atoms with Crippen LogP contribution in [-0.2, 0) is 10.2 Å². The first-order valence-corrected chi connectivity index (χ1v) is 8.82. The van der Waals surface area contributed by atoms with E-state index in [2.05, 4.69) is 31.3 Å². The predicted molar refractivity (Wildman–Crippen MR) is 106 cm³/mol. The molecule has 0 aromatic heterocycles. The average Bonchev–Trinajstić information content (AvgIpc) is 2.64. The van der Waals surface area contributed by atoms with Crippen LogP contribution < -0.4 is 10.7 Å². The van der Waals surface area contributed by atoms with E-state index in [4.69, 9.17) is 0 Å². The van der Waals surface area contributed by atoms with Gasteiger partial charge in [-0.15, -0.1) is 0 Å². The van der Waals surface area contributed by atoms with E-state index in [9.17, 15) is 22.8 Å². The van der Waals surface area contributed by atoms with Gasteiger partial charge in [0.25, 0.3) is 5.91 Å². The Hall–Kier alpha value is -3.16. The largest absolute Gasteiger partial charge is 0.471 e. The fraction of sp³-hybridized carbons (Fsp3) is 0.286. The Balaban J connectivity index is 2.08. The van der Waals surface area contributed by atoms with Gasteiger partial charge in [-0.05, 0) is 47.7 Å². The maximum atomic E-state index is 12.4. The number of carbonyl (C=O) groups excluding carboxylic acids is 2. The molecule has 0 aliphatic rings. The smallest absolute Gasteiger partial charge is 0.318 e. The second-order valence-electron chi connectivity index (χ2n) is 7.50. The van der Waals surface area contributed by atoms with Crippen molar-refractivity contribution in [1.29, 1.82) is 0 Å². The first kappa shape index (κ1) is 22.1. The number of benzene rings is 2. The molecule has 0 bridgehead atoms. The molecule has 0 fully saturated rings. The van der Waals surface area contributed by atoms with E-state index in [1.807, 2.05) is 12.1 Å². The molecule has 0 unspecified atom stereocenters. The summed E-state index contributed by atoms with van der Waals surface area (Å²) >= 11 is 0. The average molecular weight is 405 g/mol. The molecule has 29 heavy (non-hydrogen) atoms. The van der Waals surface area contributed by atoms with Crippen molar-refractivity contribution < 1.29 is 22.8 Å². The van der Waals surface area contributed by atoms with Crippen LogP contribution in [0.1, 0.15) is 49.2 Å². The molecule has 0 aliphatic carbocycles. The summed E-state index contributed by atoms with van der Waals surface area (Å²) in [4.78, 5) is 23.3. The minimum absolute atomic E-state index is 0.0246. The van der Waals surface area contributed by atoms with Crippen molar-refractivity contribution in [2.24, 2.45) is 5.10 Å². The van der Waals surface area contributed by atoms with Crippen molar-refractivity contribution in [2.45, 2.75) is 39.3 Å². The Bertz CT molecular complexity index is 927. The molecule has 0 heterocycles. The highest BCUT2D eigenvalue weighted by molar-refractivity contribution is 6.02. The van der Waals surface area contributed by atoms with Crippen molar-refractivity contribution in [3.05, 3.63) is 65.2 Å². The topological polar surface area (TPSA) is 70.6 Å². The van der Waals surface area contributed by atoms with Crippen molar-refractivity contribution in [3.63, 3.8) is 0 Å². The van der Waals surface area contributed by atoms with E-state index < -0.39 is 18.0 Å². The first-order valence-electron chi connectivity index (χ1n) is 8.82. The molecule has 0 saturated carbocycles. The molecule has 0 spiro atoms. The third-order valence-electron chi connectivity index (χ3n) is 4.13. The fourth-order valence-electron chi connectivity index (χ4n) is 2.41. The number of hydrogen-bond acceptors (Lipinski definition) is 3. The van der Waals surface area contributed by atoms with Crippen molar-refractivity contribution in [3.8, 4) is 0 Å². The molecule has 2 aromatic rings. The highest BCUT2D eigenvalue weighted by atomic mass is 19.4. The van der Waals surface area contributed by atoms with Gasteiger partial charge < -0.3 is 5.32 Å². The van der Waals surface area contributed by atoms with Crippen LogP contribution in [0, 0.1) is 0 Å². The second kappa shape index (κ2) is 8.46. The van der Waals surface area contributed by atoms with Crippen molar-refractivity contribution in [2.75, 3.05) is 5.32 Å². The van der Waals surface area contributed by atoms with Crippen LogP contribution in [-0.4, -0.2) is 23.7 Å². The summed E-state index contributed by atoms with van der Waals surface area (Å²) in [5.74, 6) is -2.47. The molecule has 0 radical (unpaired) electrons. The minimum atomic E-state index is -4.98. The molecule has 0 saturated heterocycles. The van der Waals surface area contributed by atoms with Crippen LogP contribution in [0.5, 0.6) is 0 Å². The zero-order valence-corrected chi connectivity index (χ0v) is 16.5. The molecular formula is C21H22F3N3O2. The summed E-state index contributed by atoms with van der Waals surface area (Å²) < 4.78 is 37.1. The Kier molecular flexibility index (Phi) is 6.46. The third-order valence-corrected chi connectivity index (χ3v) is 4.13. The summed E-state index contributed by atoms with van der Waals surface area (Å²) in [5.41, 5.74) is 4.71. The molecule has 154 valence electrons. The Labute approximate surface area is 167 Å². The van der Waals surface area contributed by atoms with Gasteiger partial charge in [0.15, 0.2) is 0 Å². The SMILES string of the molecule is C/C(=N/NC(=O)c1ccc(C(C)(C)C)cc1)c1cccc(NC(=O)C(F)(F)F)c1. The lowest BCUT2D eigenvalue weighted by Crippen LogP contribution is -2.29. The van der Waals surface area contributed by atoms with E-state index in [1.165, 1.54) is 18.2 Å². The van der Waals surface area contributed by atoms with Crippen LogP contribution >= 0.6 is 0 Å². The lowest BCUT2D eigenvalue weighted by atomic mass is 9.87. The summed E-state index contributed by atoms with van der Waals surface area (Å²) in [6.45, 7) is 7.80. The van der Waals surface area contributed by atoms with Gasteiger partial charge in [0.1, 0.15) is 0 Å². The molecule has 0 aliphatic heterocycles. The summed E-state index contributed by atoms with van der Waals surface area (Å²) in [7, 11) is 0. The predicted octanol–water partition coefficient (Wildman–Crippen LogP) is 4.64. The van der Waals surface area contributed by atoms with Gasteiger partial charge in [0.05, 0.1) is 5.71 Å². The zero-order valence-electron chi connectivity index (χ0n) is 16.5. The van der Waals surface area contributed by atoms with Crippen LogP contribution in [0.4, 0.5) is 18.9 Å². The first-order chi connectivity index (χ1) is 13.4. The number of halogens is 3. The van der Waals surface area contributed by atoms with Gasteiger partial charge in [0.2, 0.25) is 0 Å². The van der Waals surface area contributed by atoms with E-state index in [1.54, 1.807) is 30.4 Å². The van der Waals surface area contributed by atoms with Crippen molar-refractivity contribution >= 4 is 23.2 Å². The highest BCUT2D eigenvalue weighted by Crippen LogP contribution is 2.22. The van der Waals surface area contributed by atoms with Crippen LogP contribution in [0.15, 0.2) is 53.6 Å². The fourth-order valence-corrected chi connectivity index (χ4v) is 2.41. The van der Waals surface area contributed by atoms with Gasteiger partial charge in [0, 0.05) is 11.3 Å². The summed E-state index contributed by atoms with van der Waals surface area (Å²) in [6.07, 6.45) is -4.98. The highest BCUT2D eigenvalue weighted by Gasteiger charge is 2.38. The number of rotatable bonds is 4. The number of hydrazone groups is 1. The van der Waals surface area contributed by atoms with E-state index >= 15 is 0 Å². The number of alkyl halides is 3. The van der Waals surface area contributed by atoms with Gasteiger partial charge in [-0.2, -0.15) is 18.3 Å². The Morgan fingerprint density at radius 1 is 0.931 bits per heavy atom. The van der Waals surface area contributed by atoms with Gasteiger partial charge in [-0.3, -0.25) is 9.59 Å². The van der Waals surface area contributed by atoms with Crippen molar-refractivity contribution in [1.82, 2.24) is 5.43 Å². The molecule has 2 rings (SSSR count). The lowest BCUT2D eigenvalue weighted by molar-refractivity contribution is -0.167. The summed E-state index contributed by atoms with van der Waals surface area (Å²) in [6, 6.07) is 12.9. The number of carbonyl (C=O) groups is 2. The maximum Gasteiger partial charge on any atom is 0.471 e. The van der Waals surface area contributed by atoms with Crippen LogP contribution in [0.3, 0.4) is 0 Å². The van der Waals surface area contributed by atoms with Gasteiger partial charge in [-0.25, -0.2) is 5.43 Å². The van der Waals surface area contributed by atoms with Crippen LogP contribution in [0.2, 0.25) is 0 Å². The van der Waals surface area contributed by atoms with E-state index in [-0.39, 0.29) is 11.1 Å². The quantitative estimate of drug-likeness (QED) is 0.575. The third kappa shape index (κ3) is 6.17. The van der Waals surface area contributed by atoms with E-state index in [0.717, 1.165) is 5.56 Å². The maximum absolute atomic E-state index is 12.4. The number of anilines is 1. The molecule has 5 nitrogen and oxygen atoms in total. The molecule has 0 atom stereocenters. The number of amides is 2. The van der Waals surface area contributed by atoms with Crippen LogP contribution in [0.25, 0.3) is 0 Å². The van der Waals surface area contributed by atoms with Gasteiger partial charge in [-0.1, -0.05) is 45.0 Å². The normalized spacial score (nSPS) is 12.4. The Morgan fingerprint density at radius 3 is 2.10 bits per heavy atom. The number of nitrogens with zero attached hydrogens (tertiary/aromatic N) is 1. The monoisotopic (exact) mass is 405 g/mol. The molecule has 8 heteroatoms. The summed E-state index contributed by atoms with van der Waals surface area (Å²) in [5, 5.41) is 5.77. The second-order valence-corrected chi connectivity index (χ2v) is 7.50. The molecule has 2 amide bonds. The number of nitrogens with one attached hydrogen (secondary N) is 2. The molecular weight excluding hydrogens is 383 g/mol. The Morgan fingerprint density at radius 2 is 1.55 bits per heavy atom. The lowest BCUT2D eigenvalue weighted by Gasteiger charge is -2.18. The van der Waals surface area contributed by atoms with Gasteiger partial charge >= 0.3 is 12.1 Å².